The van der Waals surface area contributed by atoms with Crippen LogP contribution in [0.15, 0.2) is 36.7 Å². The number of aromatic nitrogens is 2. The van der Waals surface area contributed by atoms with Gasteiger partial charge in [-0.15, -0.1) is 0 Å². The van der Waals surface area contributed by atoms with E-state index in [2.05, 4.69) is 5.10 Å². The Morgan fingerprint density at radius 3 is 2.92 bits per heavy atom. The number of nitrogens with zero attached hydrogens (tertiary/aromatic N) is 3. The van der Waals surface area contributed by atoms with E-state index in [0.29, 0.717) is 12.2 Å². The molecule has 0 saturated carbocycles. The number of carbonyl (C=O) groups excluding carboxylic acids is 2. The number of amides is 2. The molecule has 3 rings (SSSR count). The first kappa shape index (κ1) is 16.2. The maximum Gasteiger partial charge on any atom is 0.233 e. The first-order valence-corrected chi connectivity index (χ1v) is 7.73. The number of hydrogen-bond acceptors (Lipinski definition) is 4. The highest BCUT2D eigenvalue weighted by atomic mass is 19.1. The Balaban J connectivity index is 1.54. The van der Waals surface area contributed by atoms with Gasteiger partial charge in [-0.25, -0.2) is 4.39 Å². The Labute approximate surface area is 138 Å². The van der Waals surface area contributed by atoms with Crippen molar-refractivity contribution >= 4 is 11.8 Å². The van der Waals surface area contributed by atoms with Crippen molar-refractivity contribution in [1.29, 1.82) is 0 Å². The van der Waals surface area contributed by atoms with E-state index >= 15 is 0 Å². The van der Waals surface area contributed by atoms with Crippen LogP contribution in [0.5, 0.6) is 5.75 Å². The standard InChI is InChI=1S/C17H18FN3O3/c1-20-11-12(10-19-20)7-13-8-16(22)21(17(13)23)5-6-24-15-4-2-3-14(18)9-15/h2-4,9-11,13H,5-8H2,1H3/t13-/m0/s1. The van der Waals surface area contributed by atoms with Crippen molar-refractivity contribution in [2.45, 2.75) is 12.8 Å². The van der Waals surface area contributed by atoms with Crippen LogP contribution in [0.4, 0.5) is 4.39 Å². The number of halogens is 1. The fraction of sp³-hybridized carbons (Fsp3) is 0.353. The Morgan fingerprint density at radius 1 is 1.38 bits per heavy atom. The molecule has 1 saturated heterocycles. The Bertz CT molecular complexity index is 759. The minimum absolute atomic E-state index is 0.139. The topological polar surface area (TPSA) is 64.4 Å². The minimum atomic E-state index is -0.391. The van der Waals surface area contributed by atoms with Crippen molar-refractivity contribution in [3.8, 4) is 5.75 Å². The van der Waals surface area contributed by atoms with Gasteiger partial charge >= 0.3 is 0 Å². The van der Waals surface area contributed by atoms with Crippen LogP contribution < -0.4 is 4.74 Å². The summed E-state index contributed by atoms with van der Waals surface area (Å²) in [6, 6.07) is 5.75. The Kier molecular flexibility index (Phi) is 4.59. The maximum atomic E-state index is 13.1. The zero-order chi connectivity index (χ0) is 17.1. The largest absolute Gasteiger partial charge is 0.492 e. The summed E-state index contributed by atoms with van der Waals surface area (Å²) in [5, 5.41) is 4.07. The van der Waals surface area contributed by atoms with Crippen LogP contribution in [0.1, 0.15) is 12.0 Å². The molecule has 1 aliphatic rings. The number of hydrogen-bond donors (Lipinski definition) is 0. The number of imide groups is 1. The van der Waals surface area contributed by atoms with Crippen molar-refractivity contribution in [2.24, 2.45) is 13.0 Å². The lowest BCUT2D eigenvalue weighted by molar-refractivity contribution is -0.139. The number of rotatable bonds is 6. The molecule has 1 fully saturated rings. The molecule has 1 aliphatic heterocycles. The second kappa shape index (κ2) is 6.82. The minimum Gasteiger partial charge on any atom is -0.492 e. The summed E-state index contributed by atoms with van der Waals surface area (Å²) in [7, 11) is 1.81. The second-order valence-corrected chi connectivity index (χ2v) is 5.82. The smallest absolute Gasteiger partial charge is 0.233 e. The zero-order valence-corrected chi connectivity index (χ0v) is 13.3. The van der Waals surface area contributed by atoms with Gasteiger partial charge in [0.15, 0.2) is 0 Å². The Morgan fingerprint density at radius 2 is 2.21 bits per heavy atom. The third-order valence-electron chi connectivity index (χ3n) is 3.96. The summed E-state index contributed by atoms with van der Waals surface area (Å²) in [6.07, 6.45) is 4.24. The highest BCUT2D eigenvalue weighted by Crippen LogP contribution is 2.23. The third kappa shape index (κ3) is 3.61. The molecule has 7 heteroatoms. The molecule has 0 radical (unpaired) electrons. The first-order valence-electron chi connectivity index (χ1n) is 7.73. The van der Waals surface area contributed by atoms with Gasteiger partial charge in [0.1, 0.15) is 18.2 Å². The summed E-state index contributed by atoms with van der Waals surface area (Å²) in [5.74, 6) is -0.752. The van der Waals surface area contributed by atoms with Crippen LogP contribution in [0, 0.1) is 11.7 Å². The lowest BCUT2D eigenvalue weighted by Crippen LogP contribution is -2.34. The molecule has 24 heavy (non-hydrogen) atoms. The van der Waals surface area contributed by atoms with Crippen molar-refractivity contribution in [1.82, 2.24) is 14.7 Å². The van der Waals surface area contributed by atoms with Crippen molar-refractivity contribution in [3.05, 3.63) is 48.0 Å². The molecule has 1 atom stereocenters. The number of carbonyl (C=O) groups is 2. The van der Waals surface area contributed by atoms with Gasteiger partial charge in [-0.3, -0.25) is 19.2 Å². The van der Waals surface area contributed by atoms with Gasteiger partial charge < -0.3 is 4.74 Å². The molecule has 2 aromatic rings. The molecule has 1 aromatic heterocycles. The number of ether oxygens (including phenoxy) is 1. The third-order valence-corrected chi connectivity index (χ3v) is 3.96. The molecule has 126 valence electrons. The molecule has 0 aliphatic carbocycles. The summed E-state index contributed by atoms with van der Waals surface area (Å²) >= 11 is 0. The summed E-state index contributed by atoms with van der Waals surface area (Å²) < 4.78 is 20.1. The molecule has 0 unspecified atom stereocenters. The normalized spacial score (nSPS) is 17.6. The fourth-order valence-corrected chi connectivity index (χ4v) is 2.82. The van der Waals surface area contributed by atoms with Crippen LogP contribution in [0.2, 0.25) is 0 Å². The molecule has 2 heterocycles. The van der Waals surface area contributed by atoms with Gasteiger partial charge in [0.05, 0.1) is 18.7 Å². The summed E-state index contributed by atoms with van der Waals surface area (Å²) in [5.41, 5.74) is 0.932. The molecule has 0 N–H and O–H groups in total. The van der Waals surface area contributed by atoms with E-state index in [0.717, 1.165) is 5.56 Å². The van der Waals surface area contributed by atoms with Gasteiger partial charge in [0.2, 0.25) is 11.8 Å². The van der Waals surface area contributed by atoms with Crippen LogP contribution in [-0.2, 0) is 23.1 Å². The Hall–Kier alpha value is -2.70. The highest BCUT2D eigenvalue weighted by molar-refractivity contribution is 6.03. The fourth-order valence-electron chi connectivity index (χ4n) is 2.82. The quantitative estimate of drug-likeness (QED) is 0.754. The average molecular weight is 331 g/mol. The molecule has 6 nitrogen and oxygen atoms in total. The van der Waals surface area contributed by atoms with Gasteiger partial charge in [-0.1, -0.05) is 6.07 Å². The van der Waals surface area contributed by atoms with Crippen molar-refractivity contribution < 1.29 is 18.7 Å². The molecule has 2 amide bonds. The molecular formula is C17H18FN3O3. The highest BCUT2D eigenvalue weighted by Gasteiger charge is 2.38. The predicted molar refractivity (Wildman–Crippen MR) is 83.6 cm³/mol. The zero-order valence-electron chi connectivity index (χ0n) is 13.3. The monoisotopic (exact) mass is 331 g/mol. The van der Waals surface area contributed by atoms with E-state index in [1.54, 1.807) is 30.1 Å². The molecule has 0 spiro atoms. The number of likely N-dealkylation sites (tertiary alicyclic amines) is 1. The lowest BCUT2D eigenvalue weighted by Gasteiger charge is -2.15. The second-order valence-electron chi connectivity index (χ2n) is 5.82. The number of benzene rings is 1. The average Bonchev–Trinajstić information content (AvgIpc) is 3.05. The van der Waals surface area contributed by atoms with E-state index in [1.807, 2.05) is 6.20 Å². The van der Waals surface area contributed by atoms with Crippen LogP contribution in [0.3, 0.4) is 0 Å². The molecule has 0 bridgehead atoms. The van der Waals surface area contributed by atoms with Crippen molar-refractivity contribution in [3.63, 3.8) is 0 Å². The van der Waals surface area contributed by atoms with E-state index in [4.69, 9.17) is 4.74 Å². The van der Waals surface area contributed by atoms with Gasteiger partial charge in [0.25, 0.3) is 0 Å². The SMILES string of the molecule is Cn1cc(C[C@H]2CC(=O)N(CCOc3cccc(F)c3)C2=O)cn1. The summed E-state index contributed by atoms with van der Waals surface area (Å²) in [4.78, 5) is 25.7. The van der Waals surface area contributed by atoms with E-state index in [1.165, 1.54) is 17.0 Å². The van der Waals surface area contributed by atoms with Gasteiger partial charge in [-0.2, -0.15) is 5.10 Å². The van der Waals surface area contributed by atoms with Crippen LogP contribution >= 0.6 is 0 Å². The lowest BCUT2D eigenvalue weighted by atomic mass is 10.0. The van der Waals surface area contributed by atoms with E-state index < -0.39 is 5.82 Å². The van der Waals surface area contributed by atoms with Crippen LogP contribution in [0.25, 0.3) is 0 Å². The van der Waals surface area contributed by atoms with Crippen LogP contribution in [-0.4, -0.2) is 39.6 Å². The first-order chi connectivity index (χ1) is 11.5. The maximum absolute atomic E-state index is 13.1. The van der Waals surface area contributed by atoms with E-state index in [-0.39, 0.29) is 37.3 Å². The molecule has 1 aromatic carbocycles. The van der Waals surface area contributed by atoms with Gasteiger partial charge in [-0.05, 0) is 24.1 Å². The predicted octanol–water partition coefficient (Wildman–Crippen LogP) is 1.56. The van der Waals surface area contributed by atoms with Gasteiger partial charge in [0, 0.05) is 25.7 Å². The van der Waals surface area contributed by atoms with Crippen molar-refractivity contribution in [2.75, 3.05) is 13.2 Å². The molecular weight excluding hydrogens is 313 g/mol. The summed E-state index contributed by atoms with van der Waals surface area (Å²) in [6.45, 7) is 0.304. The number of aryl methyl sites for hydroxylation is 1. The van der Waals surface area contributed by atoms with E-state index in [9.17, 15) is 14.0 Å².